The van der Waals surface area contributed by atoms with Crippen LogP contribution < -0.4 is 0 Å². The van der Waals surface area contributed by atoms with E-state index in [1.165, 1.54) is 5.56 Å². The van der Waals surface area contributed by atoms with Crippen LogP contribution in [0.2, 0.25) is 0 Å². The fourth-order valence-electron chi connectivity index (χ4n) is 0.778. The van der Waals surface area contributed by atoms with Crippen molar-refractivity contribution in [2.24, 2.45) is 0 Å². The van der Waals surface area contributed by atoms with Crippen molar-refractivity contribution in [1.82, 2.24) is 0 Å². The van der Waals surface area contributed by atoms with Crippen molar-refractivity contribution in [3.63, 3.8) is 0 Å². The minimum absolute atomic E-state index is 1.01. The summed E-state index contributed by atoms with van der Waals surface area (Å²) >= 11 is 7.66. The van der Waals surface area contributed by atoms with Crippen molar-refractivity contribution in [3.8, 4) is 0 Å². The Kier molecular flexibility index (Phi) is 2.81. The number of rotatable bonds is 1. The molecule has 0 aliphatic carbocycles. The Morgan fingerprint density at radius 1 is 1.50 bits per heavy atom. The topological polar surface area (TPSA) is 0 Å². The zero-order valence-corrected chi connectivity index (χ0v) is 8.24. The van der Waals surface area contributed by atoms with Crippen LogP contribution in [0.1, 0.15) is 12.5 Å². The first kappa shape index (κ1) is 8.15. The summed E-state index contributed by atoms with van der Waals surface area (Å²) in [7, 11) is 0. The zero-order valence-electron chi connectivity index (χ0n) is 5.76. The molecule has 0 unspecified atom stereocenters. The van der Waals surface area contributed by atoms with Crippen molar-refractivity contribution < 1.29 is 0 Å². The van der Waals surface area contributed by atoms with Crippen LogP contribution in [0.5, 0.6) is 0 Å². The van der Waals surface area contributed by atoms with E-state index in [2.05, 4.69) is 47.6 Å². The smallest absolute Gasteiger partial charge is 0.0308 e. The minimum Gasteiger partial charge on any atom is -0.142 e. The van der Waals surface area contributed by atoms with Crippen LogP contribution in [0, 0.1) is 0 Å². The van der Waals surface area contributed by atoms with E-state index in [4.69, 9.17) is 0 Å². The van der Waals surface area contributed by atoms with Gasteiger partial charge in [-0.2, -0.15) is 0 Å². The van der Waals surface area contributed by atoms with Crippen LogP contribution in [0.15, 0.2) is 27.6 Å². The largest absolute Gasteiger partial charge is 0.142 e. The molecule has 1 rings (SSSR count). The van der Waals surface area contributed by atoms with Crippen molar-refractivity contribution >= 4 is 28.6 Å². The molecule has 0 spiro atoms. The second-order valence-corrected chi connectivity index (χ2v) is 3.48. The first-order valence-electron chi connectivity index (χ1n) is 3.21. The highest BCUT2D eigenvalue weighted by atomic mass is 79.9. The van der Waals surface area contributed by atoms with E-state index in [1.54, 1.807) is 0 Å². The highest BCUT2D eigenvalue weighted by Gasteiger charge is 1.94. The molecular weight excluding hydrogens is 208 g/mol. The van der Waals surface area contributed by atoms with Gasteiger partial charge in [-0.3, -0.25) is 0 Å². The lowest BCUT2D eigenvalue weighted by molar-refractivity contribution is 1.12. The fraction of sp³-hybridized carbons (Fsp3) is 0.250. The van der Waals surface area contributed by atoms with E-state index < -0.39 is 0 Å². The van der Waals surface area contributed by atoms with Gasteiger partial charge >= 0.3 is 0 Å². The number of hydrogen-bond donors (Lipinski definition) is 1. The molecule has 0 N–H and O–H groups in total. The highest BCUT2D eigenvalue weighted by Crippen LogP contribution is 2.21. The molecule has 0 atom stereocenters. The van der Waals surface area contributed by atoms with Gasteiger partial charge in [-0.05, 0) is 40.0 Å². The Morgan fingerprint density at radius 2 is 2.20 bits per heavy atom. The van der Waals surface area contributed by atoms with Gasteiger partial charge in [0.15, 0.2) is 0 Å². The van der Waals surface area contributed by atoms with E-state index >= 15 is 0 Å². The van der Waals surface area contributed by atoms with Gasteiger partial charge in [-0.25, -0.2) is 0 Å². The fourth-order valence-corrected chi connectivity index (χ4v) is 1.27. The second-order valence-electron chi connectivity index (χ2n) is 2.14. The molecule has 0 saturated carbocycles. The summed E-state index contributed by atoms with van der Waals surface area (Å²) in [5.41, 5.74) is 1.33. The zero-order chi connectivity index (χ0) is 7.56. The third kappa shape index (κ3) is 1.77. The quantitative estimate of drug-likeness (QED) is 0.685. The number of benzene rings is 1. The molecule has 0 bridgehead atoms. The SMILES string of the molecule is CCc1ccc(Br)c(S)c1. The van der Waals surface area contributed by atoms with Crippen molar-refractivity contribution in [3.05, 3.63) is 28.2 Å². The number of thiol groups is 1. The third-order valence-corrected chi connectivity index (χ3v) is 2.79. The molecule has 54 valence electrons. The average Bonchev–Trinajstić information content (AvgIpc) is 1.95. The molecule has 0 amide bonds. The molecule has 0 nitrogen and oxygen atoms in total. The molecule has 0 saturated heterocycles. The average molecular weight is 217 g/mol. The van der Waals surface area contributed by atoms with Gasteiger partial charge in [0.05, 0.1) is 0 Å². The molecule has 0 aliphatic heterocycles. The molecule has 0 heterocycles. The predicted molar refractivity (Wildman–Crippen MR) is 50.8 cm³/mol. The molecule has 0 fully saturated rings. The third-order valence-electron chi connectivity index (χ3n) is 1.42. The van der Waals surface area contributed by atoms with Crippen LogP contribution in [0.4, 0.5) is 0 Å². The van der Waals surface area contributed by atoms with Gasteiger partial charge in [0.2, 0.25) is 0 Å². The summed E-state index contributed by atoms with van der Waals surface area (Å²) in [6, 6.07) is 6.21. The van der Waals surface area contributed by atoms with Gasteiger partial charge in [0, 0.05) is 9.37 Å². The summed E-state index contributed by atoms with van der Waals surface area (Å²) in [5, 5.41) is 0. The summed E-state index contributed by atoms with van der Waals surface area (Å²) in [6.07, 6.45) is 1.07. The number of hydrogen-bond acceptors (Lipinski definition) is 1. The monoisotopic (exact) mass is 216 g/mol. The Hall–Kier alpha value is 0.0500. The van der Waals surface area contributed by atoms with E-state index in [0.29, 0.717) is 0 Å². The molecule has 1 aromatic carbocycles. The Morgan fingerprint density at radius 3 is 2.70 bits per heavy atom. The molecule has 1 aromatic rings. The standard InChI is InChI=1S/C8H9BrS/c1-2-6-3-4-7(9)8(10)5-6/h3-5,10H,2H2,1H3. The van der Waals surface area contributed by atoms with Crippen LogP contribution in [0.25, 0.3) is 0 Å². The van der Waals surface area contributed by atoms with E-state index in [9.17, 15) is 0 Å². The molecular formula is C8H9BrS. The summed E-state index contributed by atoms with van der Waals surface area (Å²) in [6.45, 7) is 2.14. The van der Waals surface area contributed by atoms with Crippen molar-refractivity contribution in [2.45, 2.75) is 18.2 Å². The Labute approximate surface area is 75.2 Å². The molecule has 2 heteroatoms. The Balaban J connectivity index is 3.04. The van der Waals surface area contributed by atoms with Crippen molar-refractivity contribution in [2.75, 3.05) is 0 Å². The maximum absolute atomic E-state index is 4.27. The summed E-state index contributed by atoms with van der Waals surface area (Å²) in [4.78, 5) is 1.01. The van der Waals surface area contributed by atoms with Gasteiger partial charge in [0.1, 0.15) is 0 Å². The number of halogens is 1. The molecule has 0 radical (unpaired) electrons. The lowest BCUT2D eigenvalue weighted by atomic mass is 10.2. The lowest BCUT2D eigenvalue weighted by Crippen LogP contribution is -1.79. The maximum atomic E-state index is 4.27. The summed E-state index contributed by atoms with van der Waals surface area (Å²) in [5.74, 6) is 0. The van der Waals surface area contributed by atoms with Crippen LogP contribution >= 0.6 is 28.6 Å². The van der Waals surface area contributed by atoms with Gasteiger partial charge in [-0.1, -0.05) is 13.0 Å². The maximum Gasteiger partial charge on any atom is 0.0308 e. The van der Waals surface area contributed by atoms with Crippen LogP contribution in [0.3, 0.4) is 0 Å². The van der Waals surface area contributed by atoms with Crippen LogP contribution in [-0.4, -0.2) is 0 Å². The first-order valence-corrected chi connectivity index (χ1v) is 4.45. The molecule has 0 aromatic heterocycles. The van der Waals surface area contributed by atoms with E-state index in [-0.39, 0.29) is 0 Å². The number of aryl methyl sites for hydroxylation is 1. The van der Waals surface area contributed by atoms with E-state index in [1.807, 2.05) is 6.07 Å². The minimum atomic E-state index is 1.01. The summed E-state index contributed by atoms with van der Waals surface area (Å²) < 4.78 is 1.06. The van der Waals surface area contributed by atoms with Crippen molar-refractivity contribution in [1.29, 1.82) is 0 Å². The second kappa shape index (κ2) is 3.44. The predicted octanol–water partition coefficient (Wildman–Crippen LogP) is 3.30. The van der Waals surface area contributed by atoms with Gasteiger partial charge in [0.25, 0.3) is 0 Å². The normalized spacial score (nSPS) is 9.90. The van der Waals surface area contributed by atoms with Gasteiger partial charge in [-0.15, -0.1) is 12.6 Å². The first-order chi connectivity index (χ1) is 4.74. The molecule has 10 heavy (non-hydrogen) atoms. The van der Waals surface area contributed by atoms with E-state index in [0.717, 1.165) is 15.8 Å². The Bertz CT molecular complexity index is 233. The lowest BCUT2D eigenvalue weighted by Gasteiger charge is -1.99. The molecule has 0 aliphatic rings. The highest BCUT2D eigenvalue weighted by molar-refractivity contribution is 9.10. The van der Waals surface area contributed by atoms with Crippen LogP contribution in [-0.2, 0) is 6.42 Å². The van der Waals surface area contributed by atoms with Gasteiger partial charge < -0.3 is 0 Å².